The fourth-order valence-electron chi connectivity index (χ4n) is 2.80. The minimum Gasteiger partial charge on any atom is -0.321 e. The highest BCUT2D eigenvalue weighted by Crippen LogP contribution is 2.24. The summed E-state index contributed by atoms with van der Waals surface area (Å²) in [5, 5.41) is 0.773. The van der Waals surface area contributed by atoms with E-state index >= 15 is 0 Å². The van der Waals surface area contributed by atoms with Gasteiger partial charge in [-0.1, -0.05) is 31.5 Å². The topological polar surface area (TPSA) is 73.8 Å². The summed E-state index contributed by atoms with van der Waals surface area (Å²) in [4.78, 5) is 21.9. The first-order valence-electron chi connectivity index (χ1n) is 7.86. The van der Waals surface area contributed by atoms with Crippen LogP contribution in [0.2, 0.25) is 5.02 Å². The van der Waals surface area contributed by atoms with Crippen molar-refractivity contribution in [3.8, 4) is 5.69 Å². The van der Waals surface area contributed by atoms with E-state index in [4.69, 9.17) is 17.3 Å². The molecule has 0 bridgehead atoms. The number of nitrogens with two attached hydrogens (primary N) is 1. The van der Waals surface area contributed by atoms with Crippen LogP contribution in [0.25, 0.3) is 16.6 Å². The first kappa shape index (κ1) is 16.6. The molecule has 0 aliphatic heterocycles. The lowest BCUT2D eigenvalue weighted by atomic mass is 10.0. The van der Waals surface area contributed by atoms with Gasteiger partial charge in [0.05, 0.1) is 33.9 Å². The third-order valence-corrected chi connectivity index (χ3v) is 4.15. The lowest BCUT2D eigenvalue weighted by molar-refractivity contribution is 0.485. The lowest BCUT2D eigenvalue weighted by Gasteiger charge is -2.19. The smallest absolute Gasteiger partial charge is 0.267 e. The number of pyridine rings is 1. The molecule has 1 aromatic carbocycles. The summed E-state index contributed by atoms with van der Waals surface area (Å²) in [7, 11) is 0. The molecule has 0 aliphatic rings. The van der Waals surface area contributed by atoms with Crippen LogP contribution >= 0.6 is 11.6 Å². The van der Waals surface area contributed by atoms with E-state index in [1.807, 2.05) is 6.07 Å². The molecule has 0 radical (unpaired) electrons. The van der Waals surface area contributed by atoms with Crippen molar-refractivity contribution in [2.24, 2.45) is 11.7 Å². The van der Waals surface area contributed by atoms with Gasteiger partial charge in [0.2, 0.25) is 0 Å². The number of aromatic nitrogens is 3. The summed E-state index contributed by atoms with van der Waals surface area (Å²) in [6.45, 7) is 4.18. The molecule has 0 saturated carbocycles. The van der Waals surface area contributed by atoms with Crippen LogP contribution in [0.5, 0.6) is 0 Å². The zero-order chi connectivity index (χ0) is 17.3. The van der Waals surface area contributed by atoms with Gasteiger partial charge in [-0.05, 0) is 36.6 Å². The van der Waals surface area contributed by atoms with E-state index in [1.54, 1.807) is 36.7 Å². The van der Waals surface area contributed by atoms with E-state index < -0.39 is 0 Å². The van der Waals surface area contributed by atoms with Gasteiger partial charge in [-0.2, -0.15) is 0 Å². The van der Waals surface area contributed by atoms with Crippen molar-refractivity contribution < 1.29 is 0 Å². The maximum atomic E-state index is 13.1. The average molecular weight is 343 g/mol. The van der Waals surface area contributed by atoms with Crippen LogP contribution in [0, 0.1) is 5.92 Å². The third kappa shape index (κ3) is 3.05. The Bertz CT molecular complexity index is 921. The molecule has 0 aliphatic carbocycles. The van der Waals surface area contributed by atoms with E-state index in [-0.39, 0.29) is 11.6 Å². The molecule has 2 N–H and O–H groups in total. The van der Waals surface area contributed by atoms with Crippen LogP contribution < -0.4 is 11.3 Å². The molecule has 2 heterocycles. The Labute approximate surface area is 145 Å². The summed E-state index contributed by atoms with van der Waals surface area (Å²) < 4.78 is 1.52. The van der Waals surface area contributed by atoms with Crippen LogP contribution in [0.15, 0.2) is 47.5 Å². The van der Waals surface area contributed by atoms with Gasteiger partial charge in [-0.15, -0.1) is 0 Å². The van der Waals surface area contributed by atoms with E-state index in [0.29, 0.717) is 33.4 Å². The first-order chi connectivity index (χ1) is 11.5. The van der Waals surface area contributed by atoms with Gasteiger partial charge in [0.15, 0.2) is 0 Å². The van der Waals surface area contributed by atoms with Gasteiger partial charge >= 0.3 is 0 Å². The van der Waals surface area contributed by atoms with Crippen molar-refractivity contribution in [3.63, 3.8) is 0 Å². The zero-order valence-electron chi connectivity index (χ0n) is 13.6. The summed E-state index contributed by atoms with van der Waals surface area (Å²) in [6, 6.07) is 8.47. The number of hydrogen-bond donors (Lipinski definition) is 1. The molecule has 24 heavy (non-hydrogen) atoms. The third-order valence-electron chi connectivity index (χ3n) is 3.83. The SMILES string of the molecule is CC(C)CC(N)c1nc2cccc(Cl)c2c(=O)n1-c1cccnc1. The lowest BCUT2D eigenvalue weighted by Crippen LogP contribution is -2.29. The number of fused-ring (bicyclic) bond motifs is 1. The van der Waals surface area contributed by atoms with Crippen molar-refractivity contribution in [2.45, 2.75) is 26.3 Å². The van der Waals surface area contributed by atoms with Gasteiger partial charge in [-0.3, -0.25) is 14.3 Å². The Morgan fingerprint density at radius 3 is 2.71 bits per heavy atom. The van der Waals surface area contributed by atoms with Crippen molar-refractivity contribution in [1.29, 1.82) is 0 Å². The highest BCUT2D eigenvalue weighted by atomic mass is 35.5. The maximum Gasteiger partial charge on any atom is 0.267 e. The minimum atomic E-state index is -0.360. The molecule has 0 amide bonds. The fraction of sp³-hybridized carbons (Fsp3) is 0.278. The monoisotopic (exact) mass is 342 g/mol. The summed E-state index contributed by atoms with van der Waals surface area (Å²) in [5.41, 5.74) is 7.32. The molecule has 1 unspecified atom stereocenters. The molecule has 0 spiro atoms. The quantitative estimate of drug-likeness (QED) is 0.787. The van der Waals surface area contributed by atoms with Gasteiger partial charge in [0, 0.05) is 6.20 Å². The van der Waals surface area contributed by atoms with Crippen molar-refractivity contribution in [3.05, 3.63) is 63.9 Å². The molecule has 3 rings (SSSR count). The second kappa shape index (κ2) is 6.71. The Balaban J connectivity index is 2.35. The summed E-state index contributed by atoms with van der Waals surface area (Å²) in [6.07, 6.45) is 4.00. The molecule has 1 atom stereocenters. The Hall–Kier alpha value is -2.24. The van der Waals surface area contributed by atoms with E-state index in [2.05, 4.69) is 23.8 Å². The summed E-state index contributed by atoms with van der Waals surface area (Å²) >= 11 is 6.24. The van der Waals surface area contributed by atoms with Gasteiger partial charge in [0.1, 0.15) is 5.82 Å². The molecule has 5 nitrogen and oxygen atoms in total. The van der Waals surface area contributed by atoms with Crippen molar-refractivity contribution >= 4 is 22.5 Å². The molecule has 3 aromatic rings. The average Bonchev–Trinajstić information content (AvgIpc) is 2.54. The van der Waals surface area contributed by atoms with Crippen molar-refractivity contribution in [2.75, 3.05) is 0 Å². The molecule has 0 fully saturated rings. The summed E-state index contributed by atoms with van der Waals surface area (Å²) in [5.74, 6) is 0.908. The Morgan fingerprint density at radius 1 is 1.25 bits per heavy atom. The van der Waals surface area contributed by atoms with E-state index in [9.17, 15) is 4.79 Å². The van der Waals surface area contributed by atoms with Crippen LogP contribution in [-0.2, 0) is 0 Å². The largest absolute Gasteiger partial charge is 0.321 e. The molecule has 6 heteroatoms. The van der Waals surface area contributed by atoms with E-state index in [0.717, 1.165) is 6.42 Å². The van der Waals surface area contributed by atoms with Gasteiger partial charge < -0.3 is 5.73 Å². The highest BCUT2D eigenvalue weighted by Gasteiger charge is 2.20. The number of halogens is 1. The van der Waals surface area contributed by atoms with Gasteiger partial charge in [0.25, 0.3) is 5.56 Å². The molecule has 124 valence electrons. The molecule has 2 aromatic heterocycles. The molecule has 0 saturated heterocycles. The fourth-order valence-corrected chi connectivity index (χ4v) is 3.05. The highest BCUT2D eigenvalue weighted by molar-refractivity contribution is 6.35. The molecular formula is C18H19ClN4O. The van der Waals surface area contributed by atoms with E-state index in [1.165, 1.54) is 4.57 Å². The standard InChI is InChI=1S/C18H19ClN4O/c1-11(2)9-14(20)17-22-15-7-3-6-13(19)16(15)18(24)23(17)12-5-4-8-21-10-12/h3-8,10-11,14H,9,20H2,1-2H3. The minimum absolute atomic E-state index is 0.229. The number of rotatable bonds is 4. The Kier molecular flexibility index (Phi) is 4.64. The first-order valence-corrected chi connectivity index (χ1v) is 8.24. The number of nitrogens with zero attached hydrogens (tertiary/aromatic N) is 3. The van der Waals surface area contributed by atoms with Crippen LogP contribution in [0.1, 0.15) is 32.1 Å². The maximum absolute atomic E-state index is 13.1. The van der Waals surface area contributed by atoms with Crippen molar-refractivity contribution in [1.82, 2.24) is 14.5 Å². The van der Waals surface area contributed by atoms with Crippen LogP contribution in [-0.4, -0.2) is 14.5 Å². The second-order valence-corrected chi connectivity index (χ2v) is 6.60. The van der Waals surface area contributed by atoms with Crippen LogP contribution in [0.3, 0.4) is 0 Å². The predicted octanol–water partition coefficient (Wildman–Crippen LogP) is 3.48. The number of benzene rings is 1. The predicted molar refractivity (Wildman–Crippen MR) is 96.5 cm³/mol. The van der Waals surface area contributed by atoms with Crippen LogP contribution in [0.4, 0.5) is 0 Å². The zero-order valence-corrected chi connectivity index (χ0v) is 14.4. The Morgan fingerprint density at radius 2 is 2.04 bits per heavy atom. The number of hydrogen-bond acceptors (Lipinski definition) is 4. The second-order valence-electron chi connectivity index (χ2n) is 6.19. The normalized spacial score (nSPS) is 12.7. The van der Waals surface area contributed by atoms with Gasteiger partial charge in [-0.25, -0.2) is 4.98 Å². The molecular weight excluding hydrogens is 324 g/mol.